The molecule has 0 aliphatic carbocycles. The van der Waals surface area contributed by atoms with Crippen LogP contribution in [0.25, 0.3) is 22.6 Å². The summed E-state index contributed by atoms with van der Waals surface area (Å²) in [6.07, 6.45) is 0. The number of benzene rings is 2. The smallest absolute Gasteiger partial charge is 0.174 e. The highest BCUT2D eigenvalue weighted by Crippen LogP contribution is 2.25. The van der Waals surface area contributed by atoms with Gasteiger partial charge in [0.2, 0.25) is 0 Å². The zero-order valence-corrected chi connectivity index (χ0v) is 15.2. The van der Waals surface area contributed by atoms with Crippen LogP contribution in [0.1, 0.15) is 25.0 Å². The van der Waals surface area contributed by atoms with E-state index in [1.807, 2.05) is 0 Å². The number of aliphatic hydroxyl groups excluding tert-OH is 2. The van der Waals surface area contributed by atoms with Crippen molar-refractivity contribution < 1.29 is 19.8 Å². The largest absolute Gasteiger partial charge is 0.506 e. The summed E-state index contributed by atoms with van der Waals surface area (Å²) in [5, 5.41) is 38.1. The third kappa shape index (κ3) is 4.14. The number of carbonyl (C=O) groups excluding carboxylic acids is 2. The van der Waals surface area contributed by atoms with Crippen LogP contribution in [0, 0.1) is 22.7 Å². The van der Waals surface area contributed by atoms with Crippen LogP contribution < -0.4 is 0 Å². The Labute approximate surface area is 161 Å². The molecule has 0 saturated carbocycles. The first-order chi connectivity index (χ1) is 13.3. The van der Waals surface area contributed by atoms with Gasteiger partial charge in [0.05, 0.1) is 0 Å². The number of nitrogens with zero attached hydrogens (tertiary/aromatic N) is 2. The molecule has 0 aromatic heterocycles. The van der Waals surface area contributed by atoms with Crippen molar-refractivity contribution in [3.05, 3.63) is 70.8 Å². The Kier molecular flexibility index (Phi) is 6.11. The minimum atomic E-state index is -0.519. The lowest BCUT2D eigenvalue weighted by Gasteiger charge is -2.07. The number of hydrogen-bond donors (Lipinski definition) is 2. The second-order valence-corrected chi connectivity index (χ2v) is 5.94. The molecule has 0 heterocycles. The van der Waals surface area contributed by atoms with E-state index in [1.54, 1.807) is 60.7 Å². The normalized spacial score (nSPS) is 12.1. The van der Waals surface area contributed by atoms with E-state index in [0.29, 0.717) is 11.1 Å². The minimum absolute atomic E-state index is 0.307. The van der Waals surface area contributed by atoms with Gasteiger partial charge in [-0.3, -0.25) is 9.59 Å². The fourth-order valence-corrected chi connectivity index (χ4v) is 2.53. The van der Waals surface area contributed by atoms with Crippen LogP contribution in [0.5, 0.6) is 0 Å². The lowest BCUT2D eigenvalue weighted by Crippen LogP contribution is -1.99. The van der Waals surface area contributed by atoms with Crippen LogP contribution in [0.15, 0.2) is 59.7 Å². The van der Waals surface area contributed by atoms with E-state index in [-0.39, 0.29) is 22.7 Å². The summed E-state index contributed by atoms with van der Waals surface area (Å²) >= 11 is 0. The van der Waals surface area contributed by atoms with Gasteiger partial charge in [-0.15, -0.1) is 0 Å². The predicted octanol–water partition coefficient (Wildman–Crippen LogP) is 4.12. The molecule has 0 amide bonds. The maximum atomic E-state index is 11.4. The molecule has 2 rings (SSSR count). The maximum Gasteiger partial charge on any atom is 0.174 e. The van der Waals surface area contributed by atoms with Crippen LogP contribution in [-0.4, -0.2) is 21.8 Å². The molecule has 0 fully saturated rings. The molecule has 2 aromatic carbocycles. The first-order valence-corrected chi connectivity index (χ1v) is 8.20. The number of aliphatic hydroxyl groups is 2. The summed E-state index contributed by atoms with van der Waals surface area (Å²) in [6, 6.07) is 16.6. The van der Waals surface area contributed by atoms with Crippen molar-refractivity contribution in [2.24, 2.45) is 0 Å². The molecule has 0 unspecified atom stereocenters. The second-order valence-electron chi connectivity index (χ2n) is 5.94. The first-order valence-electron chi connectivity index (χ1n) is 8.20. The van der Waals surface area contributed by atoms with E-state index < -0.39 is 11.6 Å². The highest BCUT2D eigenvalue weighted by Gasteiger charge is 2.14. The lowest BCUT2D eigenvalue weighted by molar-refractivity contribution is -0.114. The summed E-state index contributed by atoms with van der Waals surface area (Å²) in [5.74, 6) is -1.79. The summed E-state index contributed by atoms with van der Waals surface area (Å²) in [6.45, 7) is 2.41. The molecule has 0 aliphatic heterocycles. The molecule has 0 aliphatic rings. The number of rotatable bonds is 5. The standard InChI is InChI=1S/C22H16N2O4/c1-13(25)19(11-23)21(27)17-7-3-15(4-8-17)16-5-9-18(10-6-16)22(28)20(12-24)14(2)26/h3-10,27-28H,1-2H3/b21-19-,22-20-. The Morgan fingerprint density at radius 2 is 0.964 bits per heavy atom. The quantitative estimate of drug-likeness (QED) is 0.462. The maximum absolute atomic E-state index is 11.4. The van der Waals surface area contributed by atoms with Gasteiger partial charge >= 0.3 is 0 Å². The van der Waals surface area contributed by atoms with Gasteiger partial charge in [-0.1, -0.05) is 48.5 Å². The fourth-order valence-electron chi connectivity index (χ4n) is 2.53. The predicted molar refractivity (Wildman–Crippen MR) is 104 cm³/mol. The number of ketones is 2. The molecule has 28 heavy (non-hydrogen) atoms. The van der Waals surface area contributed by atoms with Crippen LogP contribution in [0.4, 0.5) is 0 Å². The molecular formula is C22H16N2O4. The van der Waals surface area contributed by atoms with Crippen molar-refractivity contribution in [1.29, 1.82) is 10.5 Å². The topological polar surface area (TPSA) is 122 Å². The first kappa shape index (κ1) is 20.2. The molecule has 0 bridgehead atoms. The Hall–Kier alpha value is -4.16. The molecular weight excluding hydrogens is 356 g/mol. The van der Waals surface area contributed by atoms with Crippen molar-refractivity contribution >= 4 is 23.1 Å². The highest BCUT2D eigenvalue weighted by molar-refractivity contribution is 6.04. The Balaban J connectivity index is 2.36. The number of nitriles is 2. The van der Waals surface area contributed by atoms with Crippen LogP contribution in [-0.2, 0) is 9.59 Å². The summed E-state index contributed by atoms with van der Waals surface area (Å²) in [5.41, 5.74) is 1.65. The zero-order chi connectivity index (χ0) is 20.8. The van der Waals surface area contributed by atoms with Gasteiger partial charge in [0.1, 0.15) is 34.8 Å². The molecule has 2 aromatic rings. The van der Waals surface area contributed by atoms with Crippen LogP contribution >= 0.6 is 0 Å². The molecule has 6 nitrogen and oxygen atoms in total. The van der Waals surface area contributed by atoms with E-state index in [0.717, 1.165) is 11.1 Å². The monoisotopic (exact) mass is 372 g/mol. The third-order valence-electron chi connectivity index (χ3n) is 4.05. The Morgan fingerprint density at radius 3 is 1.18 bits per heavy atom. The molecule has 6 heteroatoms. The minimum Gasteiger partial charge on any atom is -0.506 e. The summed E-state index contributed by atoms with van der Waals surface area (Å²) in [7, 11) is 0. The van der Waals surface area contributed by atoms with E-state index >= 15 is 0 Å². The Morgan fingerprint density at radius 1 is 0.679 bits per heavy atom. The van der Waals surface area contributed by atoms with Gasteiger partial charge in [0, 0.05) is 25.0 Å². The van der Waals surface area contributed by atoms with E-state index in [2.05, 4.69) is 0 Å². The number of Topliss-reactive ketones (excluding diaryl/α,β-unsaturated/α-hetero) is 2. The average Bonchev–Trinajstić information content (AvgIpc) is 2.68. The third-order valence-corrected chi connectivity index (χ3v) is 4.05. The van der Waals surface area contributed by atoms with E-state index in [9.17, 15) is 19.8 Å². The highest BCUT2D eigenvalue weighted by atomic mass is 16.3. The molecule has 0 spiro atoms. The number of hydrogen-bond acceptors (Lipinski definition) is 6. The van der Waals surface area contributed by atoms with Gasteiger partial charge in [-0.25, -0.2) is 0 Å². The summed E-state index contributed by atoms with van der Waals surface area (Å²) < 4.78 is 0. The van der Waals surface area contributed by atoms with Crippen LogP contribution in [0.3, 0.4) is 0 Å². The van der Waals surface area contributed by atoms with Crippen molar-refractivity contribution in [1.82, 2.24) is 0 Å². The average molecular weight is 372 g/mol. The molecule has 0 radical (unpaired) electrons. The lowest BCUT2D eigenvalue weighted by atomic mass is 9.99. The Bertz CT molecular complexity index is 988. The van der Waals surface area contributed by atoms with Crippen molar-refractivity contribution in [3.8, 4) is 23.3 Å². The van der Waals surface area contributed by atoms with Gasteiger partial charge in [0.25, 0.3) is 0 Å². The SMILES string of the molecule is CC(=O)/C(C#N)=C(\O)c1ccc(-c2ccc(/C(O)=C(\C#N)C(C)=O)cc2)cc1. The second kappa shape index (κ2) is 8.48. The van der Waals surface area contributed by atoms with Gasteiger partial charge < -0.3 is 10.2 Å². The van der Waals surface area contributed by atoms with E-state index in [1.165, 1.54) is 13.8 Å². The van der Waals surface area contributed by atoms with Gasteiger partial charge in [-0.05, 0) is 11.1 Å². The van der Waals surface area contributed by atoms with Crippen molar-refractivity contribution in [3.63, 3.8) is 0 Å². The summed E-state index contributed by atoms with van der Waals surface area (Å²) in [4.78, 5) is 22.7. The van der Waals surface area contributed by atoms with Gasteiger partial charge in [-0.2, -0.15) is 10.5 Å². The number of carbonyl (C=O) groups is 2. The van der Waals surface area contributed by atoms with Crippen molar-refractivity contribution in [2.75, 3.05) is 0 Å². The van der Waals surface area contributed by atoms with Gasteiger partial charge in [0.15, 0.2) is 11.6 Å². The zero-order valence-electron chi connectivity index (χ0n) is 15.2. The van der Waals surface area contributed by atoms with Crippen LogP contribution in [0.2, 0.25) is 0 Å². The molecule has 0 atom stereocenters. The van der Waals surface area contributed by atoms with E-state index in [4.69, 9.17) is 10.5 Å². The van der Waals surface area contributed by atoms with Crippen molar-refractivity contribution in [2.45, 2.75) is 13.8 Å². The molecule has 138 valence electrons. The molecule has 2 N–H and O–H groups in total. The number of allylic oxidation sites excluding steroid dienone is 2. The fraction of sp³-hybridized carbons (Fsp3) is 0.0909. The molecule has 0 saturated heterocycles.